The molecule has 50 valence electrons. The number of nitrogens with zero attached hydrogens (tertiary/aromatic N) is 1. The molecule has 0 aromatic heterocycles. The summed E-state index contributed by atoms with van der Waals surface area (Å²) >= 11 is 0. The van der Waals surface area contributed by atoms with E-state index >= 15 is 0 Å². The normalized spacial score (nSPS) is 12.0. The molecule has 0 aromatic rings. The van der Waals surface area contributed by atoms with Gasteiger partial charge in [-0.2, -0.15) is 5.26 Å². The van der Waals surface area contributed by atoms with Crippen molar-refractivity contribution in [3.05, 3.63) is 0 Å². The van der Waals surface area contributed by atoms with Gasteiger partial charge in [-0.25, -0.2) is 0 Å². The summed E-state index contributed by atoms with van der Waals surface area (Å²) in [6.07, 6.45) is -1.29. The summed E-state index contributed by atoms with van der Waals surface area (Å²) in [6.45, 7) is 0. The highest BCUT2D eigenvalue weighted by Crippen LogP contribution is 1.93. The van der Waals surface area contributed by atoms with Crippen LogP contribution in [0.1, 0.15) is 12.8 Å². The highest BCUT2D eigenvalue weighted by Gasteiger charge is 2.03. The summed E-state index contributed by atoms with van der Waals surface area (Å²) in [5.74, 6) is -0.996. The fourth-order valence-electron chi connectivity index (χ4n) is 0.325. The summed E-state index contributed by atoms with van der Waals surface area (Å²) in [7, 11) is 0. The maximum atomic E-state index is 9.80. The van der Waals surface area contributed by atoms with Gasteiger partial charge in [0.2, 0.25) is 0 Å². The lowest BCUT2D eigenvalue weighted by Gasteiger charge is -1.94. The van der Waals surface area contributed by atoms with E-state index in [4.69, 9.17) is 15.5 Å². The van der Waals surface area contributed by atoms with E-state index in [1.807, 2.05) is 0 Å². The molecule has 0 fully saturated rings. The molecule has 4 heteroatoms. The van der Waals surface area contributed by atoms with Crippen LogP contribution in [0.5, 0.6) is 0 Å². The molecular weight excluding hydrogens is 122 g/mol. The van der Waals surface area contributed by atoms with E-state index in [0.717, 1.165) is 0 Å². The molecule has 0 heterocycles. The van der Waals surface area contributed by atoms with E-state index in [1.54, 1.807) is 0 Å². The van der Waals surface area contributed by atoms with E-state index in [0.29, 0.717) is 0 Å². The van der Waals surface area contributed by atoms with Gasteiger partial charge < -0.3 is 10.2 Å². The monoisotopic (exact) mass is 129 g/mol. The Morgan fingerprint density at radius 3 is 2.67 bits per heavy atom. The Morgan fingerprint density at radius 1 is 1.78 bits per heavy atom. The number of nitriles is 1. The van der Waals surface area contributed by atoms with Gasteiger partial charge in [0, 0.05) is 6.42 Å². The second-order valence-electron chi connectivity index (χ2n) is 1.58. The van der Waals surface area contributed by atoms with Gasteiger partial charge in [0.1, 0.15) is 6.10 Å². The zero-order chi connectivity index (χ0) is 7.28. The highest BCUT2D eigenvalue weighted by atomic mass is 16.4. The molecule has 0 spiro atoms. The van der Waals surface area contributed by atoms with E-state index in [9.17, 15) is 4.79 Å². The van der Waals surface area contributed by atoms with Gasteiger partial charge in [-0.05, 0) is 6.42 Å². The fourth-order valence-corrected chi connectivity index (χ4v) is 0.325. The molecule has 0 amide bonds. The summed E-state index contributed by atoms with van der Waals surface area (Å²) in [6, 6.07) is 1.51. The Hall–Kier alpha value is -1.08. The van der Waals surface area contributed by atoms with Crippen LogP contribution in [-0.4, -0.2) is 22.3 Å². The predicted molar refractivity (Wildman–Crippen MR) is 28.5 cm³/mol. The zero-order valence-corrected chi connectivity index (χ0v) is 4.74. The minimum atomic E-state index is -1.14. The minimum Gasteiger partial charge on any atom is -0.481 e. The average Bonchev–Trinajstić information content (AvgIpc) is 1.83. The predicted octanol–water partition coefficient (Wildman–Crippen LogP) is -0.264. The van der Waals surface area contributed by atoms with E-state index in [2.05, 4.69) is 0 Å². The molecule has 1 atom stereocenters. The first kappa shape index (κ1) is 7.92. The van der Waals surface area contributed by atoms with Crippen LogP contribution < -0.4 is 0 Å². The Labute approximate surface area is 52.3 Å². The van der Waals surface area contributed by atoms with Crippen LogP contribution in [0.2, 0.25) is 0 Å². The number of aliphatic hydroxyl groups excluding tert-OH is 1. The van der Waals surface area contributed by atoms with Crippen molar-refractivity contribution in [3.8, 4) is 6.07 Å². The third-order valence-corrected chi connectivity index (χ3v) is 0.781. The van der Waals surface area contributed by atoms with Crippen LogP contribution in [0, 0.1) is 11.3 Å². The maximum absolute atomic E-state index is 9.80. The number of hydrogen-bond donors (Lipinski definition) is 2. The van der Waals surface area contributed by atoms with Crippen LogP contribution in [0.15, 0.2) is 0 Å². The highest BCUT2D eigenvalue weighted by molar-refractivity contribution is 5.66. The number of aliphatic carboxylic acids is 1. The maximum Gasteiger partial charge on any atom is 0.303 e. The lowest BCUT2D eigenvalue weighted by Crippen LogP contribution is -2.05. The van der Waals surface area contributed by atoms with Gasteiger partial charge in [-0.1, -0.05) is 0 Å². The topological polar surface area (TPSA) is 81.3 Å². The number of carboxylic acids is 1. The lowest BCUT2D eigenvalue weighted by molar-refractivity contribution is -0.137. The van der Waals surface area contributed by atoms with Crippen LogP contribution in [0.4, 0.5) is 0 Å². The first-order valence-electron chi connectivity index (χ1n) is 2.46. The molecule has 0 rings (SSSR count). The third-order valence-electron chi connectivity index (χ3n) is 0.781. The van der Waals surface area contributed by atoms with Gasteiger partial charge in [0.25, 0.3) is 0 Å². The van der Waals surface area contributed by atoms with Crippen LogP contribution in [-0.2, 0) is 4.79 Å². The molecule has 0 saturated heterocycles. The Balaban J connectivity index is 3.30. The Kier molecular flexibility index (Phi) is 3.40. The van der Waals surface area contributed by atoms with Crippen molar-refractivity contribution in [1.82, 2.24) is 0 Å². The van der Waals surface area contributed by atoms with Crippen molar-refractivity contribution in [1.29, 1.82) is 5.26 Å². The zero-order valence-electron chi connectivity index (χ0n) is 4.74. The van der Waals surface area contributed by atoms with Gasteiger partial charge in [0.15, 0.2) is 0 Å². The van der Waals surface area contributed by atoms with Crippen molar-refractivity contribution < 1.29 is 15.0 Å². The average molecular weight is 129 g/mol. The molecule has 0 unspecified atom stereocenters. The van der Waals surface area contributed by atoms with Crippen LogP contribution in [0.25, 0.3) is 0 Å². The summed E-state index contributed by atoms with van der Waals surface area (Å²) in [5, 5.41) is 24.5. The molecular formula is C5H7NO3. The number of carboxylic acid groups (broad SMARTS) is 1. The second kappa shape index (κ2) is 3.87. The number of rotatable bonds is 3. The largest absolute Gasteiger partial charge is 0.481 e. The second-order valence-corrected chi connectivity index (χ2v) is 1.58. The van der Waals surface area contributed by atoms with E-state index < -0.39 is 12.1 Å². The van der Waals surface area contributed by atoms with Crippen molar-refractivity contribution in [3.63, 3.8) is 0 Å². The van der Waals surface area contributed by atoms with Gasteiger partial charge in [0.05, 0.1) is 6.07 Å². The van der Waals surface area contributed by atoms with Crippen LogP contribution in [0.3, 0.4) is 0 Å². The lowest BCUT2D eigenvalue weighted by atomic mass is 10.2. The fraction of sp³-hybridized carbons (Fsp3) is 0.600. The van der Waals surface area contributed by atoms with Crippen molar-refractivity contribution >= 4 is 5.97 Å². The summed E-state index contributed by atoms with van der Waals surface area (Å²) in [4.78, 5) is 9.80. The van der Waals surface area contributed by atoms with Gasteiger partial charge in [-0.3, -0.25) is 4.79 Å². The molecule has 0 aliphatic heterocycles. The quantitative estimate of drug-likeness (QED) is 0.514. The summed E-state index contributed by atoms with van der Waals surface area (Å²) < 4.78 is 0. The van der Waals surface area contributed by atoms with E-state index in [-0.39, 0.29) is 12.8 Å². The standard InChI is InChI=1S/C5H7NO3/c6-3-4(7)1-2-5(8)9/h4,7H,1-2H2,(H,8,9)/t4-/m1/s1. The first-order valence-corrected chi connectivity index (χ1v) is 2.46. The molecule has 0 aliphatic rings. The molecule has 0 radical (unpaired) electrons. The molecule has 0 bridgehead atoms. The first-order chi connectivity index (χ1) is 4.16. The number of hydrogen-bond acceptors (Lipinski definition) is 3. The minimum absolute atomic E-state index is 0.00579. The third kappa shape index (κ3) is 4.78. The van der Waals surface area contributed by atoms with Crippen molar-refractivity contribution in [2.45, 2.75) is 18.9 Å². The molecule has 0 aromatic carbocycles. The Bertz CT molecular complexity index is 138. The number of aliphatic hydroxyl groups is 1. The van der Waals surface area contributed by atoms with Crippen molar-refractivity contribution in [2.75, 3.05) is 0 Å². The smallest absolute Gasteiger partial charge is 0.303 e. The van der Waals surface area contributed by atoms with Crippen molar-refractivity contribution in [2.24, 2.45) is 0 Å². The molecule has 4 nitrogen and oxygen atoms in total. The SMILES string of the molecule is N#C[C@H](O)CCC(=O)O. The number of carbonyl (C=O) groups is 1. The summed E-state index contributed by atoms with van der Waals surface area (Å²) in [5.41, 5.74) is 0. The van der Waals surface area contributed by atoms with Gasteiger partial charge >= 0.3 is 5.97 Å². The molecule has 2 N–H and O–H groups in total. The van der Waals surface area contributed by atoms with Crippen LogP contribution >= 0.6 is 0 Å². The van der Waals surface area contributed by atoms with E-state index in [1.165, 1.54) is 6.07 Å². The molecule has 9 heavy (non-hydrogen) atoms. The Morgan fingerprint density at radius 2 is 2.33 bits per heavy atom. The van der Waals surface area contributed by atoms with Gasteiger partial charge in [-0.15, -0.1) is 0 Å². The molecule has 0 saturated carbocycles. The molecule has 0 aliphatic carbocycles.